The highest BCUT2D eigenvalue weighted by molar-refractivity contribution is 5.85. The third kappa shape index (κ3) is 6.52. The Morgan fingerprint density at radius 3 is 2.17 bits per heavy atom. The van der Waals surface area contributed by atoms with Crippen LogP contribution in [0.4, 0.5) is 0 Å². The molecule has 3 nitrogen and oxygen atoms in total. The molecule has 3 N–H and O–H groups in total. The van der Waals surface area contributed by atoms with Gasteiger partial charge in [0, 0.05) is 0 Å². The number of nitrogens with two attached hydrogens (primary N) is 1. The normalized spacial score (nSPS) is 13.2. The highest BCUT2D eigenvalue weighted by Gasteiger charge is 2.17. The fourth-order valence-electron chi connectivity index (χ4n) is 2.43. The van der Waals surface area contributed by atoms with Crippen LogP contribution in [0.15, 0.2) is 54.6 Å². The molecule has 0 aliphatic rings. The van der Waals surface area contributed by atoms with Crippen LogP contribution in [-0.4, -0.2) is 11.2 Å². The van der Waals surface area contributed by atoms with E-state index in [-0.39, 0.29) is 18.4 Å². The Morgan fingerprint density at radius 1 is 0.958 bits per heavy atom. The van der Waals surface area contributed by atoms with E-state index in [1.54, 1.807) is 0 Å². The van der Waals surface area contributed by atoms with Crippen LogP contribution in [0.2, 0.25) is 0 Å². The lowest BCUT2D eigenvalue weighted by atomic mass is 9.96. The maximum Gasteiger partial charge on any atom is 0.119 e. The first-order valence-electron chi connectivity index (χ1n) is 8.26. The minimum Gasteiger partial charge on any atom is -0.489 e. The molecule has 132 valence electrons. The predicted molar refractivity (Wildman–Crippen MR) is 101 cm³/mol. The number of hydrogen-bond donors (Lipinski definition) is 2. The van der Waals surface area contributed by atoms with Gasteiger partial charge >= 0.3 is 0 Å². The van der Waals surface area contributed by atoms with E-state index < -0.39 is 6.10 Å². The summed E-state index contributed by atoms with van der Waals surface area (Å²) in [6, 6.07) is 17.4. The van der Waals surface area contributed by atoms with Crippen molar-refractivity contribution in [3.8, 4) is 5.75 Å². The zero-order valence-corrected chi connectivity index (χ0v) is 15.2. The van der Waals surface area contributed by atoms with Crippen LogP contribution in [-0.2, 0) is 6.61 Å². The minimum atomic E-state index is -0.506. The van der Waals surface area contributed by atoms with Gasteiger partial charge in [0.1, 0.15) is 12.4 Å². The Morgan fingerprint density at radius 2 is 1.58 bits per heavy atom. The molecule has 24 heavy (non-hydrogen) atoms. The Kier molecular flexibility index (Phi) is 8.83. The molecule has 2 aromatic carbocycles. The van der Waals surface area contributed by atoms with E-state index in [1.165, 1.54) is 0 Å². The third-order valence-electron chi connectivity index (χ3n) is 3.97. The summed E-state index contributed by atoms with van der Waals surface area (Å²) in [4.78, 5) is 0. The summed E-state index contributed by atoms with van der Waals surface area (Å²) in [7, 11) is 0. The highest BCUT2D eigenvalue weighted by Crippen LogP contribution is 2.22. The van der Waals surface area contributed by atoms with Crippen molar-refractivity contribution in [3.05, 3.63) is 65.7 Å². The quantitative estimate of drug-likeness (QED) is 0.738. The zero-order valence-electron chi connectivity index (χ0n) is 14.4. The molecular weight excluding hydrogens is 322 g/mol. The molecular formula is C20H28ClNO2. The van der Waals surface area contributed by atoms with Crippen molar-refractivity contribution in [2.75, 3.05) is 0 Å². The molecule has 0 unspecified atom stereocenters. The molecule has 0 fully saturated rings. The molecule has 0 saturated heterocycles. The lowest BCUT2D eigenvalue weighted by molar-refractivity contribution is 0.128. The summed E-state index contributed by atoms with van der Waals surface area (Å²) in [5.74, 6) is 1.38. The van der Waals surface area contributed by atoms with Crippen LogP contribution < -0.4 is 10.5 Å². The second-order valence-electron chi connectivity index (χ2n) is 6.41. The fourth-order valence-corrected chi connectivity index (χ4v) is 2.43. The summed E-state index contributed by atoms with van der Waals surface area (Å²) >= 11 is 0. The van der Waals surface area contributed by atoms with Crippen molar-refractivity contribution in [2.45, 2.75) is 45.4 Å². The molecule has 0 radical (unpaired) electrons. The van der Waals surface area contributed by atoms with Gasteiger partial charge in [-0.15, -0.1) is 12.4 Å². The lowest BCUT2D eigenvalue weighted by Crippen LogP contribution is -2.26. The van der Waals surface area contributed by atoms with E-state index in [2.05, 4.69) is 13.8 Å². The van der Waals surface area contributed by atoms with Crippen molar-refractivity contribution < 1.29 is 9.84 Å². The van der Waals surface area contributed by atoms with Gasteiger partial charge in [-0.3, -0.25) is 0 Å². The lowest BCUT2D eigenvalue weighted by Gasteiger charge is -2.20. The number of ether oxygens (including phenoxy) is 1. The van der Waals surface area contributed by atoms with E-state index in [9.17, 15) is 5.11 Å². The van der Waals surface area contributed by atoms with Crippen LogP contribution in [0.5, 0.6) is 5.75 Å². The fraction of sp³-hybridized carbons (Fsp3) is 0.400. The van der Waals surface area contributed by atoms with E-state index in [0.29, 0.717) is 12.5 Å². The molecule has 2 aromatic rings. The van der Waals surface area contributed by atoms with E-state index in [0.717, 1.165) is 29.7 Å². The van der Waals surface area contributed by atoms with Gasteiger partial charge in [0.05, 0.1) is 12.1 Å². The average Bonchev–Trinajstić information content (AvgIpc) is 2.58. The summed E-state index contributed by atoms with van der Waals surface area (Å²) in [5, 5.41) is 10.2. The second-order valence-corrected chi connectivity index (χ2v) is 6.41. The summed E-state index contributed by atoms with van der Waals surface area (Å²) < 4.78 is 5.76. The molecule has 2 rings (SSSR count). The molecule has 0 spiro atoms. The van der Waals surface area contributed by atoms with E-state index in [4.69, 9.17) is 10.5 Å². The van der Waals surface area contributed by atoms with Crippen molar-refractivity contribution in [1.29, 1.82) is 0 Å². The third-order valence-corrected chi connectivity index (χ3v) is 3.97. The van der Waals surface area contributed by atoms with Crippen LogP contribution in [0, 0.1) is 5.92 Å². The number of hydrogen-bond acceptors (Lipinski definition) is 3. The maximum absolute atomic E-state index is 10.2. The number of rotatable bonds is 8. The molecule has 0 aliphatic heterocycles. The van der Waals surface area contributed by atoms with Gasteiger partial charge in [-0.1, -0.05) is 56.3 Å². The first-order valence-corrected chi connectivity index (χ1v) is 8.26. The predicted octanol–water partition coefficient (Wildman–Crippen LogP) is 4.48. The molecule has 2 atom stereocenters. The van der Waals surface area contributed by atoms with Crippen LogP contribution in [0.3, 0.4) is 0 Å². The van der Waals surface area contributed by atoms with Gasteiger partial charge < -0.3 is 15.6 Å². The minimum absolute atomic E-state index is 0. The highest BCUT2D eigenvalue weighted by atomic mass is 35.5. The second kappa shape index (κ2) is 10.3. The molecule has 0 heterocycles. The smallest absolute Gasteiger partial charge is 0.119 e. The van der Waals surface area contributed by atoms with E-state index in [1.807, 2.05) is 54.6 Å². The van der Waals surface area contributed by atoms with Crippen molar-refractivity contribution in [1.82, 2.24) is 0 Å². The van der Waals surface area contributed by atoms with Gasteiger partial charge in [0.15, 0.2) is 0 Å². The molecule has 0 bridgehead atoms. The first-order chi connectivity index (χ1) is 11.1. The first kappa shape index (κ1) is 20.5. The SMILES string of the molecule is CC(C)CC[C@H](O)[C@H](N)c1ccc(OCc2ccccc2)cc1.Cl. The number of aliphatic hydroxyl groups is 1. The average molecular weight is 350 g/mol. The van der Waals surface area contributed by atoms with Gasteiger partial charge in [0.2, 0.25) is 0 Å². The molecule has 0 aromatic heterocycles. The van der Waals surface area contributed by atoms with Crippen LogP contribution in [0.1, 0.15) is 43.9 Å². The topological polar surface area (TPSA) is 55.5 Å². The largest absolute Gasteiger partial charge is 0.489 e. The van der Waals surface area contributed by atoms with Crippen LogP contribution in [0.25, 0.3) is 0 Å². The maximum atomic E-state index is 10.2. The Bertz CT molecular complexity index is 572. The van der Waals surface area contributed by atoms with Gasteiger partial charge in [-0.2, -0.15) is 0 Å². The number of halogens is 1. The summed E-state index contributed by atoms with van der Waals surface area (Å²) in [5.41, 5.74) is 8.22. The molecule has 0 saturated carbocycles. The van der Waals surface area contributed by atoms with Crippen molar-refractivity contribution >= 4 is 12.4 Å². The zero-order chi connectivity index (χ0) is 16.7. The standard InChI is InChI=1S/C20H27NO2.ClH/c1-15(2)8-13-19(22)20(21)17-9-11-18(12-10-17)23-14-16-6-4-3-5-7-16;/h3-7,9-12,15,19-20,22H,8,13-14,21H2,1-2H3;1H/t19-,20+;/m0./s1. The monoisotopic (exact) mass is 349 g/mol. The van der Waals surface area contributed by atoms with Gasteiger partial charge in [-0.05, 0) is 42.0 Å². The molecule has 0 amide bonds. The van der Waals surface area contributed by atoms with Crippen molar-refractivity contribution in [2.24, 2.45) is 11.7 Å². The summed E-state index contributed by atoms with van der Waals surface area (Å²) in [6.07, 6.45) is 1.20. The molecule has 0 aliphatic carbocycles. The summed E-state index contributed by atoms with van der Waals surface area (Å²) in [6.45, 7) is 4.84. The Labute approximate surface area is 151 Å². The van der Waals surface area contributed by atoms with Crippen LogP contribution >= 0.6 is 12.4 Å². The Balaban J connectivity index is 0.00000288. The van der Waals surface area contributed by atoms with E-state index >= 15 is 0 Å². The Hall–Kier alpha value is -1.55. The van der Waals surface area contributed by atoms with Gasteiger partial charge in [0.25, 0.3) is 0 Å². The molecule has 4 heteroatoms. The number of benzene rings is 2. The van der Waals surface area contributed by atoms with Gasteiger partial charge in [-0.25, -0.2) is 0 Å². The van der Waals surface area contributed by atoms with Crippen molar-refractivity contribution in [3.63, 3.8) is 0 Å². The number of aliphatic hydroxyl groups excluding tert-OH is 1.